The van der Waals surface area contributed by atoms with Gasteiger partial charge >= 0.3 is 0 Å². The van der Waals surface area contributed by atoms with Gasteiger partial charge in [-0.3, -0.25) is 18.2 Å². The topological polar surface area (TPSA) is 217 Å². The number of hydrogen-bond donors (Lipinski definition) is 4. The minimum Gasteiger partial charge on any atom is -0.282 e. The predicted molar refractivity (Wildman–Crippen MR) is 194 cm³/mol. The van der Waals surface area contributed by atoms with E-state index in [-0.39, 0.29) is 25.7 Å². The Morgan fingerprint density at radius 3 is 0.620 bits per heavy atom. The standard InChI is InChI=1S/C32H48Cl2O12S4/c1-29(2,3)13-17-23(33)18(14-30(4,5)6)26(48(38,39)40)21(25(17)47(35,36)37)22-27(49(41,42)43)19(15-31(7,8)9)24(34)20(16-32(10,11)12)28(22)50(44,45)46/h13-16H2,1-12H3,(H,35,36,37)(H,38,39,40)(H,41,42,43)(H,44,45,46). The van der Waals surface area contributed by atoms with Crippen LogP contribution in [0.2, 0.25) is 10.0 Å². The van der Waals surface area contributed by atoms with E-state index in [1.165, 1.54) is 0 Å². The molecular formula is C32H48Cl2O12S4. The summed E-state index contributed by atoms with van der Waals surface area (Å²) in [6.07, 6.45) is -1.29. The number of benzene rings is 2. The molecule has 0 amide bonds. The summed E-state index contributed by atoms with van der Waals surface area (Å²) in [6, 6.07) is 0. The first-order valence-electron chi connectivity index (χ1n) is 15.3. The van der Waals surface area contributed by atoms with Gasteiger partial charge in [-0.2, -0.15) is 33.7 Å². The van der Waals surface area contributed by atoms with Gasteiger partial charge in [-0.25, -0.2) is 0 Å². The summed E-state index contributed by atoms with van der Waals surface area (Å²) in [5.74, 6) is 0. The Labute approximate surface area is 307 Å². The SMILES string of the molecule is CC(C)(C)Cc1c(Cl)c(CC(C)(C)C)c(S(=O)(=O)O)c(-c2c(S(=O)(=O)O)c(CC(C)(C)C)c(Cl)c(CC(C)(C)C)c2S(=O)(=O)O)c1S(=O)(=O)O. The maximum Gasteiger partial charge on any atom is 0.295 e. The second-order valence-corrected chi connectivity index (χ2v) is 23.6. The van der Waals surface area contributed by atoms with Crippen molar-refractivity contribution in [3.63, 3.8) is 0 Å². The molecule has 0 radical (unpaired) electrons. The van der Waals surface area contributed by atoms with Gasteiger partial charge < -0.3 is 0 Å². The van der Waals surface area contributed by atoms with Crippen molar-refractivity contribution in [2.45, 2.75) is 128 Å². The van der Waals surface area contributed by atoms with Crippen molar-refractivity contribution in [1.29, 1.82) is 0 Å². The molecule has 0 aliphatic rings. The summed E-state index contributed by atoms with van der Waals surface area (Å²) in [4.78, 5) is -5.38. The average Bonchev–Trinajstić information content (AvgIpc) is 2.76. The van der Waals surface area contributed by atoms with Gasteiger partial charge in [0, 0.05) is 21.2 Å². The molecular weight excluding hydrogens is 776 g/mol. The maximum atomic E-state index is 13.5. The van der Waals surface area contributed by atoms with Crippen LogP contribution >= 0.6 is 23.2 Å². The zero-order chi connectivity index (χ0) is 39.8. The summed E-state index contributed by atoms with van der Waals surface area (Å²) in [6.45, 7) is 19.8. The fraction of sp³-hybridized carbons (Fsp3) is 0.625. The largest absolute Gasteiger partial charge is 0.295 e. The number of hydrogen-bond acceptors (Lipinski definition) is 8. The summed E-state index contributed by atoms with van der Waals surface area (Å²) in [5.41, 5.74) is -7.86. The van der Waals surface area contributed by atoms with Crippen LogP contribution < -0.4 is 0 Å². The van der Waals surface area contributed by atoms with Crippen molar-refractivity contribution < 1.29 is 51.9 Å². The Morgan fingerprint density at radius 2 is 0.520 bits per heavy atom. The van der Waals surface area contributed by atoms with Crippen LogP contribution in [-0.4, -0.2) is 51.9 Å². The lowest BCUT2D eigenvalue weighted by atomic mass is 9.80. The molecule has 50 heavy (non-hydrogen) atoms. The highest BCUT2D eigenvalue weighted by molar-refractivity contribution is 7.88. The van der Waals surface area contributed by atoms with Gasteiger partial charge in [0.2, 0.25) is 0 Å². The molecule has 4 N–H and O–H groups in total. The average molecular weight is 824 g/mol. The molecule has 0 spiro atoms. The van der Waals surface area contributed by atoms with E-state index in [1.807, 2.05) is 0 Å². The minimum absolute atomic E-state index is 0.323. The van der Waals surface area contributed by atoms with Crippen LogP contribution in [-0.2, 0) is 66.2 Å². The monoisotopic (exact) mass is 822 g/mol. The second kappa shape index (κ2) is 13.8. The highest BCUT2D eigenvalue weighted by Crippen LogP contribution is 2.53. The third kappa shape index (κ3) is 10.9. The smallest absolute Gasteiger partial charge is 0.282 e. The van der Waals surface area contributed by atoms with Crippen molar-refractivity contribution in [3.8, 4) is 11.1 Å². The lowest BCUT2D eigenvalue weighted by Gasteiger charge is -2.31. The van der Waals surface area contributed by atoms with Gasteiger partial charge in [-0.1, -0.05) is 106 Å². The molecule has 2 aromatic carbocycles. The Hall–Kier alpha value is -1.34. The van der Waals surface area contributed by atoms with Gasteiger partial charge in [-0.15, -0.1) is 0 Å². The first-order valence-corrected chi connectivity index (χ1v) is 21.9. The van der Waals surface area contributed by atoms with Crippen molar-refractivity contribution in [1.82, 2.24) is 0 Å². The third-order valence-electron chi connectivity index (χ3n) is 7.17. The van der Waals surface area contributed by atoms with Crippen LogP contribution in [0.4, 0.5) is 0 Å². The predicted octanol–water partition coefficient (Wildman–Crippen LogP) is 8.00. The van der Waals surface area contributed by atoms with Gasteiger partial charge in [0.25, 0.3) is 40.5 Å². The highest BCUT2D eigenvalue weighted by atomic mass is 35.5. The van der Waals surface area contributed by atoms with Crippen molar-refractivity contribution >= 4 is 63.7 Å². The molecule has 0 atom stereocenters. The molecule has 0 unspecified atom stereocenters. The molecule has 0 aromatic heterocycles. The molecule has 2 rings (SSSR count). The Bertz CT molecular complexity index is 1840. The zero-order valence-electron chi connectivity index (χ0n) is 30.3. The van der Waals surface area contributed by atoms with Crippen LogP contribution in [0.3, 0.4) is 0 Å². The first kappa shape index (κ1) is 44.8. The van der Waals surface area contributed by atoms with Crippen molar-refractivity contribution in [3.05, 3.63) is 32.3 Å². The van der Waals surface area contributed by atoms with Crippen LogP contribution in [0, 0.1) is 21.7 Å². The molecule has 0 saturated carbocycles. The van der Waals surface area contributed by atoms with Crippen molar-refractivity contribution in [2.24, 2.45) is 21.7 Å². The zero-order valence-corrected chi connectivity index (χ0v) is 35.1. The molecule has 0 aliphatic heterocycles. The minimum atomic E-state index is -5.73. The van der Waals surface area contributed by atoms with E-state index < -0.39 is 125 Å². The van der Waals surface area contributed by atoms with Crippen LogP contribution in [0.5, 0.6) is 0 Å². The Kier molecular flexibility index (Phi) is 12.4. The molecule has 0 aliphatic carbocycles. The first-order chi connectivity index (χ1) is 21.7. The lowest BCUT2D eigenvalue weighted by molar-refractivity contribution is 0.396. The molecule has 286 valence electrons. The maximum absolute atomic E-state index is 13.5. The number of halogens is 2. The summed E-state index contributed by atoms with van der Waals surface area (Å²) in [5, 5.41) is -1.03. The Balaban J connectivity index is 4.02. The second-order valence-electron chi connectivity index (χ2n) is 17.5. The summed E-state index contributed by atoms with van der Waals surface area (Å²) >= 11 is 13.6. The highest BCUT2D eigenvalue weighted by Gasteiger charge is 2.44. The Morgan fingerprint density at radius 1 is 0.380 bits per heavy atom. The van der Waals surface area contributed by atoms with Crippen LogP contribution in [0.15, 0.2) is 19.6 Å². The fourth-order valence-electron chi connectivity index (χ4n) is 5.92. The number of rotatable bonds is 9. The lowest BCUT2D eigenvalue weighted by Crippen LogP contribution is -2.24. The van der Waals surface area contributed by atoms with Crippen molar-refractivity contribution in [2.75, 3.05) is 0 Å². The van der Waals surface area contributed by atoms with E-state index >= 15 is 0 Å². The molecule has 0 heterocycles. The van der Waals surface area contributed by atoms with E-state index in [0.29, 0.717) is 0 Å². The van der Waals surface area contributed by atoms with E-state index in [9.17, 15) is 51.9 Å². The van der Waals surface area contributed by atoms with E-state index in [4.69, 9.17) is 23.2 Å². The molecule has 0 fully saturated rings. The van der Waals surface area contributed by atoms with Crippen LogP contribution in [0.1, 0.15) is 105 Å². The van der Waals surface area contributed by atoms with Crippen LogP contribution in [0.25, 0.3) is 11.1 Å². The summed E-state index contributed by atoms with van der Waals surface area (Å²) < 4.78 is 152. The fourth-order valence-corrected chi connectivity index (χ4v) is 10.7. The van der Waals surface area contributed by atoms with E-state index in [0.717, 1.165) is 0 Å². The van der Waals surface area contributed by atoms with E-state index in [1.54, 1.807) is 83.1 Å². The van der Waals surface area contributed by atoms with Gasteiger partial charge in [0.05, 0.1) is 0 Å². The molecule has 12 nitrogen and oxygen atoms in total. The summed E-state index contributed by atoms with van der Waals surface area (Å²) in [7, 11) is -22.9. The third-order valence-corrected chi connectivity index (χ3v) is 12.0. The van der Waals surface area contributed by atoms with Gasteiger partial charge in [0.1, 0.15) is 19.6 Å². The normalized spacial score (nSPS) is 14.4. The molecule has 18 heteroatoms. The van der Waals surface area contributed by atoms with E-state index in [2.05, 4.69) is 0 Å². The molecule has 2 aromatic rings. The quantitative estimate of drug-likeness (QED) is 0.177. The molecule has 0 saturated heterocycles. The molecule has 0 bridgehead atoms. The van der Waals surface area contributed by atoms with Gasteiger partial charge in [0.15, 0.2) is 0 Å². The van der Waals surface area contributed by atoms with Gasteiger partial charge in [-0.05, 0) is 69.6 Å².